The van der Waals surface area contributed by atoms with Crippen LogP contribution in [0.4, 0.5) is 11.5 Å². The summed E-state index contributed by atoms with van der Waals surface area (Å²) in [4.78, 5) is 16.2. The number of carbonyl (C=O) groups excluding carboxylic acids is 1. The Hall–Kier alpha value is -2.61. The van der Waals surface area contributed by atoms with Gasteiger partial charge in [-0.2, -0.15) is 0 Å². The standard InChI is InChI=1S/C18H24N4O3S/c1-4-9-26(24,25)22-14-6-7-15(16(10-14)18(19)23)13-5-8-17(20-11-13)21-12(2)3/h5-8,10-12,22H,4,9H2,1-3H3,(H2,19,23)(H,20,21). The van der Waals surface area contributed by atoms with Gasteiger partial charge in [-0.15, -0.1) is 0 Å². The molecule has 0 saturated heterocycles. The minimum absolute atomic E-state index is 0.00882. The smallest absolute Gasteiger partial charge is 0.249 e. The van der Waals surface area contributed by atoms with Crippen molar-refractivity contribution in [1.82, 2.24) is 4.98 Å². The van der Waals surface area contributed by atoms with Gasteiger partial charge in [0.05, 0.1) is 5.75 Å². The van der Waals surface area contributed by atoms with Crippen LogP contribution in [-0.2, 0) is 10.0 Å². The average Bonchev–Trinajstić information content (AvgIpc) is 2.54. The monoisotopic (exact) mass is 376 g/mol. The Morgan fingerprint density at radius 1 is 1.23 bits per heavy atom. The van der Waals surface area contributed by atoms with Crippen LogP contribution in [0.15, 0.2) is 36.5 Å². The molecule has 1 aromatic heterocycles. The summed E-state index contributed by atoms with van der Waals surface area (Å²) in [5.74, 6) is 0.101. The lowest BCUT2D eigenvalue weighted by molar-refractivity contribution is 0.100. The Kier molecular flexibility index (Phi) is 6.20. The molecule has 8 heteroatoms. The summed E-state index contributed by atoms with van der Waals surface area (Å²) in [5.41, 5.74) is 7.34. The van der Waals surface area contributed by atoms with E-state index < -0.39 is 15.9 Å². The fourth-order valence-corrected chi connectivity index (χ4v) is 3.62. The summed E-state index contributed by atoms with van der Waals surface area (Å²) in [7, 11) is -3.44. The molecule has 2 rings (SSSR count). The highest BCUT2D eigenvalue weighted by Crippen LogP contribution is 2.27. The third-order valence-corrected chi connectivity index (χ3v) is 5.03. The molecule has 1 heterocycles. The third kappa shape index (κ3) is 5.19. The number of aromatic nitrogens is 1. The first-order valence-electron chi connectivity index (χ1n) is 8.39. The van der Waals surface area contributed by atoms with Crippen molar-refractivity contribution >= 4 is 27.4 Å². The van der Waals surface area contributed by atoms with Crippen LogP contribution in [0.5, 0.6) is 0 Å². The molecular weight excluding hydrogens is 352 g/mol. The molecule has 1 amide bonds. The van der Waals surface area contributed by atoms with Gasteiger partial charge in [0.2, 0.25) is 15.9 Å². The predicted molar refractivity (Wildman–Crippen MR) is 105 cm³/mol. The number of benzene rings is 1. The van der Waals surface area contributed by atoms with Crippen molar-refractivity contribution in [3.05, 3.63) is 42.1 Å². The highest BCUT2D eigenvalue weighted by molar-refractivity contribution is 7.92. The summed E-state index contributed by atoms with van der Waals surface area (Å²) in [5, 5.41) is 3.19. The normalized spacial score (nSPS) is 11.4. The Morgan fingerprint density at radius 2 is 1.96 bits per heavy atom. The molecule has 0 bridgehead atoms. The van der Waals surface area contributed by atoms with E-state index in [9.17, 15) is 13.2 Å². The van der Waals surface area contributed by atoms with Gasteiger partial charge in [0.15, 0.2) is 0 Å². The maximum absolute atomic E-state index is 11.9. The molecule has 140 valence electrons. The van der Waals surface area contributed by atoms with Gasteiger partial charge in [0.1, 0.15) is 5.82 Å². The summed E-state index contributed by atoms with van der Waals surface area (Å²) in [6.07, 6.45) is 2.14. The maximum atomic E-state index is 11.9. The van der Waals surface area contributed by atoms with Crippen molar-refractivity contribution in [3.8, 4) is 11.1 Å². The minimum atomic E-state index is -3.44. The van der Waals surface area contributed by atoms with Crippen LogP contribution < -0.4 is 15.8 Å². The van der Waals surface area contributed by atoms with E-state index in [2.05, 4.69) is 15.0 Å². The number of sulfonamides is 1. The van der Waals surface area contributed by atoms with E-state index in [1.54, 1.807) is 25.3 Å². The first kappa shape index (κ1) is 19.7. The van der Waals surface area contributed by atoms with Crippen LogP contribution in [0, 0.1) is 0 Å². The van der Waals surface area contributed by atoms with Gasteiger partial charge in [-0.3, -0.25) is 9.52 Å². The average molecular weight is 376 g/mol. The Labute approximate surface area is 154 Å². The highest BCUT2D eigenvalue weighted by Gasteiger charge is 2.15. The molecule has 0 aliphatic heterocycles. The Morgan fingerprint density at radius 3 is 2.50 bits per heavy atom. The number of rotatable bonds is 8. The molecule has 0 aliphatic carbocycles. The zero-order chi connectivity index (χ0) is 19.3. The molecule has 0 aliphatic rings. The van der Waals surface area contributed by atoms with Gasteiger partial charge in [0.25, 0.3) is 0 Å². The van der Waals surface area contributed by atoms with E-state index in [4.69, 9.17) is 5.73 Å². The van der Waals surface area contributed by atoms with Gasteiger partial charge < -0.3 is 11.1 Å². The molecule has 0 fully saturated rings. The number of primary amides is 1. The number of amides is 1. The number of nitrogens with two attached hydrogens (primary N) is 1. The third-order valence-electron chi connectivity index (χ3n) is 3.54. The first-order valence-corrected chi connectivity index (χ1v) is 10.0. The fourth-order valence-electron chi connectivity index (χ4n) is 2.50. The van der Waals surface area contributed by atoms with Gasteiger partial charge in [-0.1, -0.05) is 13.0 Å². The Bertz CT molecular complexity index is 878. The van der Waals surface area contributed by atoms with Crippen LogP contribution >= 0.6 is 0 Å². The van der Waals surface area contributed by atoms with Crippen molar-refractivity contribution in [3.63, 3.8) is 0 Å². The summed E-state index contributed by atoms with van der Waals surface area (Å²) < 4.78 is 26.3. The second kappa shape index (κ2) is 8.18. The van der Waals surface area contributed by atoms with E-state index in [1.165, 1.54) is 6.07 Å². The quantitative estimate of drug-likeness (QED) is 0.655. The van der Waals surface area contributed by atoms with Crippen molar-refractivity contribution < 1.29 is 13.2 Å². The summed E-state index contributed by atoms with van der Waals surface area (Å²) in [6.45, 7) is 5.81. The molecular formula is C18H24N4O3S. The molecule has 0 unspecified atom stereocenters. The van der Waals surface area contributed by atoms with Crippen LogP contribution in [-0.4, -0.2) is 31.1 Å². The van der Waals surface area contributed by atoms with E-state index in [0.717, 1.165) is 11.4 Å². The molecule has 0 atom stereocenters. The zero-order valence-electron chi connectivity index (χ0n) is 15.1. The SMILES string of the molecule is CCCS(=O)(=O)Nc1ccc(-c2ccc(NC(C)C)nc2)c(C(N)=O)c1. The molecule has 26 heavy (non-hydrogen) atoms. The fraction of sp³-hybridized carbons (Fsp3) is 0.333. The van der Waals surface area contributed by atoms with Gasteiger partial charge >= 0.3 is 0 Å². The second-order valence-electron chi connectivity index (χ2n) is 6.28. The molecule has 4 N–H and O–H groups in total. The molecule has 0 radical (unpaired) electrons. The minimum Gasteiger partial charge on any atom is -0.368 e. The van der Waals surface area contributed by atoms with E-state index in [0.29, 0.717) is 17.7 Å². The largest absolute Gasteiger partial charge is 0.368 e. The zero-order valence-corrected chi connectivity index (χ0v) is 15.9. The van der Waals surface area contributed by atoms with Crippen LogP contribution in [0.2, 0.25) is 0 Å². The van der Waals surface area contributed by atoms with Crippen molar-refractivity contribution in [2.45, 2.75) is 33.2 Å². The lowest BCUT2D eigenvalue weighted by Crippen LogP contribution is -2.18. The van der Waals surface area contributed by atoms with Crippen molar-refractivity contribution in [2.24, 2.45) is 5.73 Å². The number of pyridine rings is 1. The molecule has 0 spiro atoms. The number of carbonyl (C=O) groups is 1. The van der Waals surface area contributed by atoms with Gasteiger partial charge in [-0.05, 0) is 50.1 Å². The van der Waals surface area contributed by atoms with Crippen LogP contribution in [0.3, 0.4) is 0 Å². The summed E-state index contributed by atoms with van der Waals surface area (Å²) in [6, 6.07) is 8.62. The van der Waals surface area contributed by atoms with Crippen molar-refractivity contribution in [2.75, 3.05) is 15.8 Å². The van der Waals surface area contributed by atoms with Crippen LogP contribution in [0.1, 0.15) is 37.6 Å². The first-order chi connectivity index (χ1) is 12.2. The number of nitrogens with one attached hydrogen (secondary N) is 2. The molecule has 1 aromatic carbocycles. The maximum Gasteiger partial charge on any atom is 0.249 e. The Balaban J connectivity index is 2.36. The van der Waals surface area contributed by atoms with E-state index >= 15 is 0 Å². The molecule has 0 saturated carbocycles. The van der Waals surface area contributed by atoms with E-state index in [1.807, 2.05) is 26.0 Å². The van der Waals surface area contributed by atoms with Crippen molar-refractivity contribution in [1.29, 1.82) is 0 Å². The number of hydrogen-bond acceptors (Lipinski definition) is 5. The summed E-state index contributed by atoms with van der Waals surface area (Å²) >= 11 is 0. The second-order valence-corrected chi connectivity index (χ2v) is 8.12. The number of nitrogens with zero attached hydrogens (tertiary/aromatic N) is 1. The topological polar surface area (TPSA) is 114 Å². The van der Waals surface area contributed by atoms with Gasteiger partial charge in [0, 0.05) is 29.1 Å². The highest BCUT2D eigenvalue weighted by atomic mass is 32.2. The number of hydrogen-bond donors (Lipinski definition) is 3. The van der Waals surface area contributed by atoms with Gasteiger partial charge in [-0.25, -0.2) is 13.4 Å². The van der Waals surface area contributed by atoms with E-state index in [-0.39, 0.29) is 17.4 Å². The van der Waals surface area contributed by atoms with Crippen LogP contribution in [0.25, 0.3) is 11.1 Å². The lowest BCUT2D eigenvalue weighted by atomic mass is 10.00. The number of anilines is 2. The lowest BCUT2D eigenvalue weighted by Gasteiger charge is -2.13. The molecule has 2 aromatic rings. The predicted octanol–water partition coefficient (Wildman–Crippen LogP) is 2.82. The molecule has 7 nitrogen and oxygen atoms in total.